The van der Waals surface area contributed by atoms with Crippen molar-refractivity contribution in [1.82, 2.24) is 0 Å². The van der Waals surface area contributed by atoms with Crippen molar-refractivity contribution in [2.45, 2.75) is 56.9 Å². The summed E-state index contributed by atoms with van der Waals surface area (Å²) < 4.78 is 12.8. The lowest BCUT2D eigenvalue weighted by molar-refractivity contribution is 0.314. The van der Waals surface area contributed by atoms with Gasteiger partial charge in [0.05, 0.1) is 0 Å². The van der Waals surface area contributed by atoms with E-state index in [1.54, 1.807) is 0 Å². The Hall–Kier alpha value is -0.890. The highest BCUT2D eigenvalue weighted by Gasteiger charge is 2.25. The van der Waals surface area contributed by atoms with Crippen LogP contribution in [-0.2, 0) is 6.42 Å². The summed E-state index contributed by atoms with van der Waals surface area (Å²) in [5.74, 6) is -0.169. The SMILES string of the molecule is NC1(Cc2ccc(F)cc2)CCCCCCC1. The van der Waals surface area contributed by atoms with Crippen LogP contribution in [0.4, 0.5) is 4.39 Å². The first-order valence-corrected chi connectivity index (χ1v) is 6.71. The summed E-state index contributed by atoms with van der Waals surface area (Å²) >= 11 is 0. The Morgan fingerprint density at radius 3 is 2.06 bits per heavy atom. The minimum atomic E-state index is -0.169. The maximum Gasteiger partial charge on any atom is 0.123 e. The standard InChI is InChI=1S/C15H22FN/c16-14-8-6-13(7-9-14)12-15(17)10-4-2-1-3-5-11-15/h6-9H,1-5,10-12,17H2. The van der Waals surface area contributed by atoms with Gasteiger partial charge >= 0.3 is 0 Å². The molecule has 1 nitrogen and oxygen atoms in total. The third-order valence-corrected chi connectivity index (χ3v) is 3.82. The molecule has 0 aromatic heterocycles. The third-order valence-electron chi connectivity index (χ3n) is 3.82. The molecule has 1 aromatic rings. The Balaban J connectivity index is 2.01. The van der Waals surface area contributed by atoms with Crippen LogP contribution in [0.25, 0.3) is 0 Å². The highest BCUT2D eigenvalue weighted by atomic mass is 19.1. The van der Waals surface area contributed by atoms with Gasteiger partial charge in [-0.25, -0.2) is 4.39 Å². The Morgan fingerprint density at radius 1 is 0.941 bits per heavy atom. The van der Waals surface area contributed by atoms with Crippen LogP contribution < -0.4 is 5.73 Å². The van der Waals surface area contributed by atoms with E-state index in [0.717, 1.165) is 24.8 Å². The molecule has 2 rings (SSSR count). The molecule has 0 saturated heterocycles. The maximum atomic E-state index is 12.8. The summed E-state index contributed by atoms with van der Waals surface area (Å²) in [5, 5.41) is 0. The van der Waals surface area contributed by atoms with E-state index < -0.39 is 0 Å². The zero-order chi connectivity index (χ0) is 12.1. The van der Waals surface area contributed by atoms with E-state index in [0.29, 0.717) is 0 Å². The molecule has 2 heteroatoms. The average Bonchev–Trinajstić information content (AvgIpc) is 2.28. The lowest BCUT2D eigenvalue weighted by Gasteiger charge is -2.31. The van der Waals surface area contributed by atoms with Crippen LogP contribution in [0.2, 0.25) is 0 Å². The van der Waals surface area contributed by atoms with Gasteiger partial charge in [0.2, 0.25) is 0 Å². The predicted molar refractivity (Wildman–Crippen MR) is 69.3 cm³/mol. The first-order valence-electron chi connectivity index (χ1n) is 6.71. The second kappa shape index (κ2) is 5.63. The zero-order valence-electron chi connectivity index (χ0n) is 10.4. The predicted octanol–water partition coefficient (Wildman–Crippen LogP) is 3.81. The third kappa shape index (κ3) is 3.81. The van der Waals surface area contributed by atoms with E-state index >= 15 is 0 Å². The molecule has 0 aliphatic heterocycles. The van der Waals surface area contributed by atoms with E-state index in [4.69, 9.17) is 5.73 Å². The normalized spacial score (nSPS) is 20.6. The van der Waals surface area contributed by atoms with Gasteiger partial charge in [-0.2, -0.15) is 0 Å². The number of benzene rings is 1. The summed E-state index contributed by atoms with van der Waals surface area (Å²) in [7, 11) is 0. The molecule has 0 heterocycles. The second-order valence-corrected chi connectivity index (χ2v) is 5.43. The van der Waals surface area contributed by atoms with Gasteiger partial charge in [-0.15, -0.1) is 0 Å². The summed E-state index contributed by atoms with van der Waals surface area (Å²) in [6.45, 7) is 0. The monoisotopic (exact) mass is 235 g/mol. The number of hydrogen-bond acceptors (Lipinski definition) is 1. The van der Waals surface area contributed by atoms with E-state index in [-0.39, 0.29) is 11.4 Å². The lowest BCUT2D eigenvalue weighted by Crippen LogP contribution is -2.42. The Morgan fingerprint density at radius 2 is 1.47 bits per heavy atom. The van der Waals surface area contributed by atoms with Crippen molar-refractivity contribution in [1.29, 1.82) is 0 Å². The molecule has 0 unspecified atom stereocenters. The molecule has 0 radical (unpaired) electrons. The molecule has 1 aromatic carbocycles. The van der Waals surface area contributed by atoms with Gasteiger partial charge in [0.15, 0.2) is 0 Å². The van der Waals surface area contributed by atoms with Crippen molar-refractivity contribution in [2.24, 2.45) is 5.73 Å². The van der Waals surface area contributed by atoms with Gasteiger partial charge < -0.3 is 5.73 Å². The zero-order valence-corrected chi connectivity index (χ0v) is 10.4. The maximum absolute atomic E-state index is 12.8. The summed E-state index contributed by atoms with van der Waals surface area (Å²) in [6, 6.07) is 6.79. The molecule has 0 atom stereocenters. The van der Waals surface area contributed by atoms with Gasteiger partial charge in [-0.1, -0.05) is 44.2 Å². The van der Waals surface area contributed by atoms with E-state index in [9.17, 15) is 4.39 Å². The van der Waals surface area contributed by atoms with Crippen LogP contribution in [-0.4, -0.2) is 5.54 Å². The summed E-state index contributed by atoms with van der Waals surface area (Å²) in [4.78, 5) is 0. The lowest BCUT2D eigenvalue weighted by atomic mass is 9.80. The molecular weight excluding hydrogens is 213 g/mol. The van der Waals surface area contributed by atoms with Crippen molar-refractivity contribution in [2.75, 3.05) is 0 Å². The molecule has 1 aliphatic carbocycles. The Kier molecular flexibility index (Phi) is 4.16. The van der Waals surface area contributed by atoms with Gasteiger partial charge in [0.1, 0.15) is 5.82 Å². The first-order chi connectivity index (χ1) is 8.18. The van der Waals surface area contributed by atoms with Crippen molar-refractivity contribution in [3.05, 3.63) is 35.6 Å². The van der Waals surface area contributed by atoms with Crippen LogP contribution >= 0.6 is 0 Å². The highest BCUT2D eigenvalue weighted by molar-refractivity contribution is 5.18. The minimum absolute atomic E-state index is 0.0712. The highest BCUT2D eigenvalue weighted by Crippen LogP contribution is 2.27. The van der Waals surface area contributed by atoms with E-state index in [1.165, 1.54) is 44.2 Å². The van der Waals surface area contributed by atoms with Gasteiger partial charge in [0, 0.05) is 5.54 Å². The number of nitrogens with two attached hydrogens (primary N) is 1. The van der Waals surface area contributed by atoms with Crippen LogP contribution in [0.15, 0.2) is 24.3 Å². The smallest absolute Gasteiger partial charge is 0.123 e. The molecule has 1 saturated carbocycles. The van der Waals surface area contributed by atoms with Crippen LogP contribution in [0, 0.1) is 5.82 Å². The van der Waals surface area contributed by atoms with Crippen molar-refractivity contribution in [3.63, 3.8) is 0 Å². The molecule has 94 valence electrons. The van der Waals surface area contributed by atoms with Crippen LogP contribution in [0.5, 0.6) is 0 Å². The molecule has 1 aliphatic rings. The van der Waals surface area contributed by atoms with Crippen molar-refractivity contribution in [3.8, 4) is 0 Å². The molecule has 1 fully saturated rings. The molecular formula is C15H22FN. The number of hydrogen-bond donors (Lipinski definition) is 1. The van der Waals surface area contributed by atoms with Gasteiger partial charge in [-0.3, -0.25) is 0 Å². The fraction of sp³-hybridized carbons (Fsp3) is 0.600. The topological polar surface area (TPSA) is 26.0 Å². The number of rotatable bonds is 2. The minimum Gasteiger partial charge on any atom is -0.325 e. The van der Waals surface area contributed by atoms with E-state index in [1.807, 2.05) is 12.1 Å². The fourth-order valence-electron chi connectivity index (χ4n) is 2.80. The van der Waals surface area contributed by atoms with Gasteiger partial charge in [-0.05, 0) is 37.0 Å². The average molecular weight is 235 g/mol. The molecule has 17 heavy (non-hydrogen) atoms. The summed E-state index contributed by atoms with van der Waals surface area (Å²) in [6.07, 6.45) is 9.52. The molecule has 2 N–H and O–H groups in total. The molecule has 0 spiro atoms. The summed E-state index contributed by atoms with van der Waals surface area (Å²) in [5.41, 5.74) is 7.60. The number of halogens is 1. The van der Waals surface area contributed by atoms with Gasteiger partial charge in [0.25, 0.3) is 0 Å². The van der Waals surface area contributed by atoms with Crippen molar-refractivity contribution >= 4 is 0 Å². The van der Waals surface area contributed by atoms with Crippen LogP contribution in [0.1, 0.15) is 50.5 Å². The second-order valence-electron chi connectivity index (χ2n) is 5.43. The van der Waals surface area contributed by atoms with Crippen LogP contribution in [0.3, 0.4) is 0 Å². The Labute approximate surface area is 103 Å². The fourth-order valence-corrected chi connectivity index (χ4v) is 2.80. The van der Waals surface area contributed by atoms with E-state index in [2.05, 4.69) is 0 Å². The molecule has 0 bridgehead atoms. The quantitative estimate of drug-likeness (QED) is 0.828. The molecule has 0 amide bonds. The van der Waals surface area contributed by atoms with Crippen molar-refractivity contribution < 1.29 is 4.39 Å². The first kappa shape index (κ1) is 12.6. The Bertz CT molecular complexity index is 336. The largest absolute Gasteiger partial charge is 0.325 e.